The number of amides is 1. The van der Waals surface area contributed by atoms with Crippen LogP contribution in [0.15, 0.2) is 36.7 Å². The maximum Gasteiger partial charge on any atom is 0.252 e. The second-order valence-corrected chi connectivity index (χ2v) is 5.31. The Morgan fingerprint density at radius 3 is 2.77 bits per heavy atom. The predicted octanol–water partition coefficient (Wildman–Crippen LogP) is 3.84. The van der Waals surface area contributed by atoms with Crippen LogP contribution in [0.4, 0.5) is 11.4 Å². The number of anilines is 2. The Balaban J connectivity index is 2.22. The lowest BCUT2D eigenvalue weighted by atomic mass is 10.1. The molecule has 0 saturated heterocycles. The van der Waals surface area contributed by atoms with E-state index in [9.17, 15) is 4.79 Å². The van der Waals surface area contributed by atoms with Crippen LogP contribution in [0, 0.1) is 6.92 Å². The van der Waals surface area contributed by atoms with Crippen molar-refractivity contribution >= 4 is 17.3 Å². The lowest BCUT2D eigenvalue weighted by Gasteiger charge is -2.14. The van der Waals surface area contributed by atoms with E-state index in [-0.39, 0.29) is 5.91 Å². The van der Waals surface area contributed by atoms with Crippen LogP contribution < -0.4 is 10.6 Å². The number of carbonyl (C=O) groups is 1. The maximum atomic E-state index is 12.0. The van der Waals surface area contributed by atoms with E-state index < -0.39 is 0 Å². The molecule has 0 atom stereocenters. The molecular weight excluding hydrogens is 274 g/mol. The van der Waals surface area contributed by atoms with Gasteiger partial charge in [-0.05, 0) is 37.0 Å². The third-order valence-corrected chi connectivity index (χ3v) is 3.55. The Hall–Kier alpha value is -2.36. The van der Waals surface area contributed by atoms with E-state index in [1.54, 1.807) is 12.4 Å². The van der Waals surface area contributed by atoms with Crippen LogP contribution in [0.2, 0.25) is 0 Å². The lowest BCUT2D eigenvalue weighted by Crippen LogP contribution is -2.24. The number of rotatable bonds is 6. The Morgan fingerprint density at radius 1 is 1.23 bits per heavy atom. The highest BCUT2D eigenvalue weighted by Gasteiger charge is 2.08. The van der Waals surface area contributed by atoms with Gasteiger partial charge in [0.1, 0.15) is 0 Å². The standard InChI is InChI=1S/C18H23N3O/c1-4-9-20-18(22)15-10-16(12-19-11-15)21-17-13(3)7-6-8-14(17)5-2/h6-8,10-12,21H,4-5,9H2,1-3H3,(H,20,22). The molecular formula is C18H23N3O. The molecule has 0 aliphatic rings. The fraction of sp³-hybridized carbons (Fsp3) is 0.333. The molecule has 1 heterocycles. The number of pyridine rings is 1. The molecule has 1 aromatic carbocycles. The minimum Gasteiger partial charge on any atom is -0.354 e. The van der Waals surface area contributed by atoms with Crippen LogP contribution in [0.25, 0.3) is 0 Å². The lowest BCUT2D eigenvalue weighted by molar-refractivity contribution is 0.0953. The van der Waals surface area contributed by atoms with Crippen molar-refractivity contribution in [2.75, 3.05) is 11.9 Å². The van der Waals surface area contributed by atoms with Gasteiger partial charge in [0.05, 0.1) is 17.4 Å². The average molecular weight is 297 g/mol. The number of aryl methyl sites for hydroxylation is 2. The first-order chi connectivity index (χ1) is 10.7. The fourth-order valence-electron chi connectivity index (χ4n) is 2.32. The number of para-hydroxylation sites is 1. The first-order valence-corrected chi connectivity index (χ1v) is 7.74. The Labute approximate surface area is 132 Å². The molecule has 2 aromatic rings. The van der Waals surface area contributed by atoms with Crippen molar-refractivity contribution in [3.05, 3.63) is 53.3 Å². The average Bonchev–Trinajstić information content (AvgIpc) is 2.54. The van der Waals surface area contributed by atoms with Crippen LogP contribution >= 0.6 is 0 Å². The van der Waals surface area contributed by atoms with E-state index in [1.807, 2.05) is 13.0 Å². The highest BCUT2D eigenvalue weighted by molar-refractivity contribution is 5.94. The van der Waals surface area contributed by atoms with Crippen molar-refractivity contribution < 1.29 is 4.79 Å². The van der Waals surface area contributed by atoms with Gasteiger partial charge in [-0.15, -0.1) is 0 Å². The van der Waals surface area contributed by atoms with Crippen molar-refractivity contribution in [3.8, 4) is 0 Å². The zero-order chi connectivity index (χ0) is 15.9. The summed E-state index contributed by atoms with van der Waals surface area (Å²) in [5.41, 5.74) is 4.93. The molecule has 0 unspecified atom stereocenters. The molecule has 0 bridgehead atoms. The van der Waals surface area contributed by atoms with Gasteiger partial charge < -0.3 is 10.6 Å². The molecule has 0 spiro atoms. The van der Waals surface area contributed by atoms with Crippen LogP contribution in [-0.4, -0.2) is 17.4 Å². The highest BCUT2D eigenvalue weighted by atomic mass is 16.1. The van der Waals surface area contributed by atoms with E-state index in [0.717, 1.165) is 24.2 Å². The molecule has 0 aliphatic carbocycles. The molecule has 116 valence electrons. The van der Waals surface area contributed by atoms with Gasteiger partial charge in [0.15, 0.2) is 0 Å². The number of hydrogen-bond acceptors (Lipinski definition) is 3. The molecule has 4 nitrogen and oxygen atoms in total. The summed E-state index contributed by atoms with van der Waals surface area (Å²) in [6.07, 6.45) is 5.20. The number of aromatic nitrogens is 1. The zero-order valence-electron chi connectivity index (χ0n) is 13.4. The smallest absolute Gasteiger partial charge is 0.252 e. The summed E-state index contributed by atoms with van der Waals surface area (Å²) in [5, 5.41) is 6.27. The largest absolute Gasteiger partial charge is 0.354 e. The van der Waals surface area contributed by atoms with E-state index in [2.05, 4.69) is 47.7 Å². The first-order valence-electron chi connectivity index (χ1n) is 7.74. The molecule has 0 radical (unpaired) electrons. The van der Waals surface area contributed by atoms with Gasteiger partial charge in [0, 0.05) is 18.4 Å². The van der Waals surface area contributed by atoms with Crippen LogP contribution in [0.5, 0.6) is 0 Å². The van der Waals surface area contributed by atoms with Crippen LogP contribution in [0.3, 0.4) is 0 Å². The number of carbonyl (C=O) groups excluding carboxylic acids is 1. The third-order valence-electron chi connectivity index (χ3n) is 3.55. The number of nitrogens with one attached hydrogen (secondary N) is 2. The normalized spacial score (nSPS) is 10.3. The van der Waals surface area contributed by atoms with E-state index in [4.69, 9.17) is 0 Å². The molecule has 4 heteroatoms. The first kappa shape index (κ1) is 16.0. The second kappa shape index (κ2) is 7.59. The van der Waals surface area contributed by atoms with Crippen LogP contribution in [-0.2, 0) is 6.42 Å². The second-order valence-electron chi connectivity index (χ2n) is 5.31. The summed E-state index contributed by atoms with van der Waals surface area (Å²) in [5.74, 6) is -0.0847. The molecule has 1 amide bonds. The predicted molar refractivity (Wildman–Crippen MR) is 90.7 cm³/mol. The van der Waals surface area contributed by atoms with Crippen molar-refractivity contribution in [1.29, 1.82) is 0 Å². The summed E-state index contributed by atoms with van der Waals surface area (Å²) in [6, 6.07) is 8.09. The number of nitrogens with zero attached hydrogens (tertiary/aromatic N) is 1. The van der Waals surface area contributed by atoms with Gasteiger partial charge >= 0.3 is 0 Å². The fourth-order valence-corrected chi connectivity index (χ4v) is 2.32. The minimum absolute atomic E-state index is 0.0847. The summed E-state index contributed by atoms with van der Waals surface area (Å²) in [4.78, 5) is 16.2. The summed E-state index contributed by atoms with van der Waals surface area (Å²) >= 11 is 0. The molecule has 0 saturated carbocycles. The number of benzene rings is 1. The van der Waals surface area contributed by atoms with Crippen molar-refractivity contribution in [2.24, 2.45) is 0 Å². The summed E-state index contributed by atoms with van der Waals surface area (Å²) < 4.78 is 0. The van der Waals surface area contributed by atoms with E-state index in [1.165, 1.54) is 11.1 Å². The van der Waals surface area contributed by atoms with Gasteiger partial charge in [0.2, 0.25) is 0 Å². The van der Waals surface area contributed by atoms with Gasteiger partial charge in [-0.3, -0.25) is 9.78 Å². The van der Waals surface area contributed by atoms with E-state index >= 15 is 0 Å². The molecule has 0 aliphatic heterocycles. The van der Waals surface area contributed by atoms with Gasteiger partial charge in [-0.2, -0.15) is 0 Å². The van der Waals surface area contributed by atoms with Gasteiger partial charge in [-0.1, -0.05) is 32.0 Å². The van der Waals surface area contributed by atoms with Crippen molar-refractivity contribution in [3.63, 3.8) is 0 Å². The Morgan fingerprint density at radius 2 is 2.05 bits per heavy atom. The highest BCUT2D eigenvalue weighted by Crippen LogP contribution is 2.25. The van der Waals surface area contributed by atoms with Crippen LogP contribution in [0.1, 0.15) is 41.8 Å². The van der Waals surface area contributed by atoms with Gasteiger partial charge in [-0.25, -0.2) is 0 Å². The maximum absolute atomic E-state index is 12.0. The summed E-state index contributed by atoms with van der Waals surface area (Å²) in [6.45, 7) is 6.91. The Bertz CT molecular complexity index is 653. The molecule has 1 aromatic heterocycles. The molecule has 0 fully saturated rings. The topological polar surface area (TPSA) is 54.0 Å². The Kier molecular flexibility index (Phi) is 5.53. The number of hydrogen-bond donors (Lipinski definition) is 2. The SMILES string of the molecule is CCCNC(=O)c1cncc(Nc2c(C)cccc2CC)c1. The quantitative estimate of drug-likeness (QED) is 0.852. The zero-order valence-corrected chi connectivity index (χ0v) is 13.4. The minimum atomic E-state index is -0.0847. The van der Waals surface area contributed by atoms with Crippen molar-refractivity contribution in [2.45, 2.75) is 33.6 Å². The van der Waals surface area contributed by atoms with Gasteiger partial charge in [0.25, 0.3) is 5.91 Å². The molecule has 2 rings (SSSR count). The van der Waals surface area contributed by atoms with Crippen molar-refractivity contribution in [1.82, 2.24) is 10.3 Å². The summed E-state index contributed by atoms with van der Waals surface area (Å²) in [7, 11) is 0. The monoisotopic (exact) mass is 297 g/mol. The third kappa shape index (κ3) is 3.85. The van der Waals surface area contributed by atoms with E-state index in [0.29, 0.717) is 12.1 Å². The molecule has 22 heavy (non-hydrogen) atoms. The molecule has 2 N–H and O–H groups in total.